The molecule has 82 heavy (non-hydrogen) atoms. The van der Waals surface area contributed by atoms with E-state index in [9.17, 15) is 19.5 Å². The van der Waals surface area contributed by atoms with Gasteiger partial charge < -0.3 is 28.5 Å². The monoisotopic (exact) mass is 1160 g/mol. The maximum atomic E-state index is 12.9. The zero-order valence-electron chi connectivity index (χ0n) is 55.7. The number of allylic oxidation sites excluding steroid dienone is 2. The van der Waals surface area contributed by atoms with Gasteiger partial charge in [0, 0.05) is 12.8 Å². The van der Waals surface area contributed by atoms with E-state index in [1.54, 1.807) is 0 Å². The number of unbranched alkanes of at least 4 members (excludes halogenated alkanes) is 52. The second-order valence-corrected chi connectivity index (χ2v) is 26.3. The maximum absolute atomic E-state index is 12.9. The summed E-state index contributed by atoms with van der Waals surface area (Å²) in [5.74, 6) is -1.97. The van der Waals surface area contributed by atoms with Gasteiger partial charge in [0.2, 0.25) is 0 Å². The van der Waals surface area contributed by atoms with Crippen molar-refractivity contribution in [3.63, 3.8) is 0 Å². The van der Waals surface area contributed by atoms with Crippen molar-refractivity contribution in [1.82, 2.24) is 0 Å². The number of carbonyl (C=O) groups is 3. The van der Waals surface area contributed by atoms with E-state index < -0.39 is 18.4 Å². The Morgan fingerprint density at radius 1 is 0.354 bits per heavy atom. The summed E-state index contributed by atoms with van der Waals surface area (Å²) < 4.78 is 23.0. The minimum Gasteiger partial charge on any atom is -0.477 e. The first-order chi connectivity index (χ1) is 40.1. The number of likely N-dealkylation sites (N-methyl/N-ethyl adjacent to an activating group) is 1. The third kappa shape index (κ3) is 65.6. The number of carboxylic acids is 1. The van der Waals surface area contributed by atoms with Crippen LogP contribution in [-0.2, 0) is 33.3 Å². The van der Waals surface area contributed by atoms with Crippen molar-refractivity contribution in [3.8, 4) is 0 Å². The molecule has 0 saturated carbocycles. The lowest BCUT2D eigenvalue weighted by Crippen LogP contribution is -2.40. The van der Waals surface area contributed by atoms with Gasteiger partial charge in [-0.1, -0.05) is 341 Å². The van der Waals surface area contributed by atoms with Crippen LogP contribution in [0.1, 0.15) is 380 Å². The van der Waals surface area contributed by atoms with Crippen LogP contribution < -0.4 is 0 Å². The van der Waals surface area contributed by atoms with Crippen LogP contribution in [0.4, 0.5) is 0 Å². The highest BCUT2D eigenvalue weighted by molar-refractivity contribution is 5.71. The van der Waals surface area contributed by atoms with Gasteiger partial charge in [-0.15, -0.1) is 0 Å². The average molecular weight is 1160 g/mol. The molecule has 0 aliphatic heterocycles. The fourth-order valence-electron chi connectivity index (χ4n) is 11.2. The Hall–Kier alpha value is -1.97. The number of quaternary nitrogens is 1. The van der Waals surface area contributed by atoms with Gasteiger partial charge in [-0.2, -0.15) is 0 Å². The molecule has 9 heteroatoms. The average Bonchev–Trinajstić information content (AvgIpc) is 3.45. The number of aliphatic carboxylic acids is 1. The van der Waals surface area contributed by atoms with E-state index in [2.05, 4.69) is 26.0 Å². The smallest absolute Gasteiger partial charge is 0.361 e. The number of carboxylic acid groups (broad SMARTS) is 1. The van der Waals surface area contributed by atoms with Gasteiger partial charge in [-0.25, -0.2) is 4.79 Å². The Bertz CT molecular complexity index is 1350. The van der Waals surface area contributed by atoms with Crippen molar-refractivity contribution >= 4 is 17.9 Å². The quantitative estimate of drug-likeness (QED) is 0.0211. The second-order valence-electron chi connectivity index (χ2n) is 26.3. The lowest BCUT2D eigenvalue weighted by atomic mass is 10.0. The molecular weight excluding hydrogens is 1020 g/mol. The molecule has 0 fully saturated rings. The number of hydrogen-bond donors (Lipinski definition) is 1. The van der Waals surface area contributed by atoms with Gasteiger partial charge in [0.15, 0.2) is 6.10 Å². The molecule has 0 saturated heterocycles. The van der Waals surface area contributed by atoms with Crippen LogP contribution >= 0.6 is 0 Å². The van der Waals surface area contributed by atoms with Crippen LogP contribution in [0.3, 0.4) is 0 Å². The van der Waals surface area contributed by atoms with Crippen molar-refractivity contribution in [2.45, 2.75) is 392 Å². The molecule has 0 heterocycles. The zero-order valence-corrected chi connectivity index (χ0v) is 55.7. The molecule has 2 unspecified atom stereocenters. The van der Waals surface area contributed by atoms with Crippen molar-refractivity contribution < 1.29 is 42.9 Å². The summed E-state index contributed by atoms with van der Waals surface area (Å²) in [6.45, 7) is 4.97. The highest BCUT2D eigenvalue weighted by Crippen LogP contribution is 2.19. The molecule has 0 bridgehead atoms. The lowest BCUT2D eigenvalue weighted by Gasteiger charge is -2.25. The van der Waals surface area contributed by atoms with Gasteiger partial charge >= 0.3 is 17.9 Å². The Morgan fingerprint density at radius 3 is 0.902 bits per heavy atom. The lowest BCUT2D eigenvalue weighted by molar-refractivity contribution is -0.870. The van der Waals surface area contributed by atoms with Gasteiger partial charge in [0.1, 0.15) is 13.2 Å². The molecule has 486 valence electrons. The summed E-state index contributed by atoms with van der Waals surface area (Å²) in [6.07, 6.45) is 76.3. The Labute approximate surface area is 510 Å². The molecule has 0 aliphatic carbocycles. The zero-order chi connectivity index (χ0) is 59.8. The van der Waals surface area contributed by atoms with Crippen LogP contribution in [0.25, 0.3) is 0 Å². The second kappa shape index (κ2) is 65.0. The standard InChI is InChI=1S/C73H141NO8/c1-6-8-10-12-14-16-18-20-22-24-26-28-30-32-33-34-35-36-37-38-39-40-42-44-46-48-50-52-54-56-58-60-62-64-71(76)82-69(68-81-73(72(77)78)79-66-65-74(3,4)5)67-80-70(75)63-61-59-57-55-53-51-49-47-45-43-41-31-29-27-25-23-21-19-17-15-13-11-9-7-2/h24,26,69,73H,6-23,25,27-68H2,1-5H3/p+1/b26-24-. The molecule has 0 aromatic heterocycles. The van der Waals surface area contributed by atoms with E-state index in [0.29, 0.717) is 17.4 Å². The first kappa shape index (κ1) is 80.0. The van der Waals surface area contributed by atoms with Crippen molar-refractivity contribution in [2.24, 2.45) is 0 Å². The number of ether oxygens (including phenoxy) is 4. The summed E-state index contributed by atoms with van der Waals surface area (Å²) in [5, 5.41) is 9.75. The predicted octanol–water partition coefficient (Wildman–Crippen LogP) is 22.4. The summed E-state index contributed by atoms with van der Waals surface area (Å²) in [7, 11) is 6.00. The van der Waals surface area contributed by atoms with Crippen LogP contribution in [0.5, 0.6) is 0 Å². The van der Waals surface area contributed by atoms with E-state index in [4.69, 9.17) is 18.9 Å². The fraction of sp³-hybridized carbons (Fsp3) is 0.932. The van der Waals surface area contributed by atoms with Crippen LogP contribution in [-0.4, -0.2) is 87.4 Å². The molecule has 0 amide bonds. The molecule has 1 N–H and O–H groups in total. The molecule has 0 radical (unpaired) electrons. The van der Waals surface area contributed by atoms with E-state index in [1.807, 2.05) is 21.1 Å². The van der Waals surface area contributed by atoms with Crippen LogP contribution in [0, 0.1) is 0 Å². The fourth-order valence-corrected chi connectivity index (χ4v) is 11.2. The topological polar surface area (TPSA) is 108 Å². The van der Waals surface area contributed by atoms with E-state index in [1.165, 1.54) is 315 Å². The largest absolute Gasteiger partial charge is 0.477 e. The molecular formula is C73H142NO8+. The van der Waals surface area contributed by atoms with E-state index >= 15 is 0 Å². The normalized spacial score (nSPS) is 12.6. The van der Waals surface area contributed by atoms with Crippen LogP contribution in [0.15, 0.2) is 12.2 Å². The highest BCUT2D eigenvalue weighted by Gasteiger charge is 2.25. The summed E-state index contributed by atoms with van der Waals surface area (Å²) >= 11 is 0. The van der Waals surface area contributed by atoms with Crippen LogP contribution in [0.2, 0.25) is 0 Å². The predicted molar refractivity (Wildman–Crippen MR) is 351 cm³/mol. The van der Waals surface area contributed by atoms with Crippen molar-refractivity contribution in [1.29, 1.82) is 0 Å². The number of nitrogens with zero attached hydrogens (tertiary/aromatic N) is 1. The number of hydrogen-bond acceptors (Lipinski definition) is 7. The number of carbonyl (C=O) groups excluding carboxylic acids is 2. The molecule has 0 aromatic rings. The minimum absolute atomic E-state index is 0.173. The van der Waals surface area contributed by atoms with E-state index in [-0.39, 0.29) is 38.2 Å². The van der Waals surface area contributed by atoms with Gasteiger partial charge in [0.05, 0.1) is 34.4 Å². The Balaban J connectivity index is 4.01. The molecule has 2 atom stereocenters. The molecule has 0 aliphatic rings. The third-order valence-electron chi connectivity index (χ3n) is 16.8. The molecule has 0 rings (SSSR count). The minimum atomic E-state index is -1.51. The highest BCUT2D eigenvalue weighted by atomic mass is 16.7. The Morgan fingerprint density at radius 2 is 0.622 bits per heavy atom. The first-order valence-electron chi connectivity index (χ1n) is 36.4. The molecule has 0 aromatic carbocycles. The summed E-state index contributed by atoms with van der Waals surface area (Å²) in [5.41, 5.74) is 0. The summed E-state index contributed by atoms with van der Waals surface area (Å²) in [6, 6.07) is 0. The third-order valence-corrected chi connectivity index (χ3v) is 16.8. The summed E-state index contributed by atoms with van der Waals surface area (Å²) in [4.78, 5) is 37.6. The van der Waals surface area contributed by atoms with Gasteiger partial charge in [0.25, 0.3) is 6.29 Å². The van der Waals surface area contributed by atoms with E-state index in [0.717, 1.165) is 38.5 Å². The number of rotatable bonds is 69. The Kier molecular flexibility index (Phi) is 63.5. The molecule has 9 nitrogen and oxygen atoms in total. The maximum Gasteiger partial charge on any atom is 0.361 e. The SMILES string of the molecule is CCCCCCCCCC/C=C\CCCCCCCCCCCCCCCCCCCCCCCC(=O)OC(COC(=O)CCCCCCCCCCCCCCCCCCCCCCCCCC)COC(OCC[N+](C)(C)C)C(=O)O. The van der Waals surface area contributed by atoms with Crippen molar-refractivity contribution in [3.05, 3.63) is 12.2 Å². The van der Waals surface area contributed by atoms with Gasteiger partial charge in [-0.3, -0.25) is 9.59 Å². The number of esters is 2. The van der Waals surface area contributed by atoms with Crippen molar-refractivity contribution in [2.75, 3.05) is 47.5 Å². The first-order valence-corrected chi connectivity index (χ1v) is 36.4. The van der Waals surface area contributed by atoms with Gasteiger partial charge in [-0.05, 0) is 38.5 Å². The molecule has 0 spiro atoms.